The normalized spacial score (nSPS) is 17.1. The van der Waals surface area contributed by atoms with E-state index in [0.29, 0.717) is 41.8 Å². The quantitative estimate of drug-likeness (QED) is 0.223. The number of urea groups is 1. The Morgan fingerprint density at radius 1 is 0.932 bits per heavy atom. The predicted molar refractivity (Wildman–Crippen MR) is 152 cm³/mol. The van der Waals surface area contributed by atoms with Crippen molar-refractivity contribution in [1.29, 1.82) is 0 Å². The van der Waals surface area contributed by atoms with Crippen molar-refractivity contribution >= 4 is 30.0 Å². The monoisotopic (exact) mass is 646 g/mol. The number of benzene rings is 3. The van der Waals surface area contributed by atoms with E-state index in [4.69, 9.17) is 5.73 Å². The molecule has 0 bridgehead atoms. The molecule has 1 fully saturated rings. The van der Waals surface area contributed by atoms with Crippen LogP contribution >= 0.6 is 12.4 Å². The standard InChI is InChI=1S/C30H29F7N4O2.ClH/c1-18-13-23(31)7-10-25(18)28(39-26(42)20-5-8-24(38)9-6-20)11-3-4-12-41(28)27(43)40(2)17-19-14-21(29(32,33)34)16-22(15-19)30(35,36)37;/h5-10,13-16H,3-4,11-12,17,38H2,1-2H3,(H,39,42);1H. The average Bonchev–Trinajstić information content (AvgIpc) is 2.92. The van der Waals surface area contributed by atoms with E-state index in [0.717, 1.165) is 4.90 Å². The van der Waals surface area contributed by atoms with Crippen molar-refractivity contribution in [1.82, 2.24) is 15.1 Å². The largest absolute Gasteiger partial charge is 0.416 e. The van der Waals surface area contributed by atoms with Gasteiger partial charge in [-0.2, -0.15) is 26.3 Å². The number of halogens is 8. The summed E-state index contributed by atoms with van der Waals surface area (Å²) >= 11 is 0. The number of amides is 3. The minimum absolute atomic E-state index is 0. The molecule has 0 saturated carbocycles. The van der Waals surface area contributed by atoms with Crippen molar-refractivity contribution < 1.29 is 40.3 Å². The van der Waals surface area contributed by atoms with Crippen molar-refractivity contribution in [2.75, 3.05) is 19.3 Å². The van der Waals surface area contributed by atoms with Crippen LogP contribution in [0.25, 0.3) is 0 Å². The molecule has 6 nitrogen and oxygen atoms in total. The van der Waals surface area contributed by atoms with Gasteiger partial charge in [0.25, 0.3) is 5.91 Å². The Kier molecular flexibility index (Phi) is 10.1. The zero-order valence-electron chi connectivity index (χ0n) is 23.7. The number of rotatable bonds is 5. The number of carbonyl (C=O) groups excluding carboxylic acids is 2. The van der Waals surface area contributed by atoms with E-state index < -0.39 is 53.4 Å². The van der Waals surface area contributed by atoms with Gasteiger partial charge in [-0.05, 0) is 91.9 Å². The highest BCUT2D eigenvalue weighted by molar-refractivity contribution is 5.95. The molecule has 0 spiro atoms. The van der Waals surface area contributed by atoms with Gasteiger partial charge in [0.2, 0.25) is 0 Å². The molecule has 3 N–H and O–H groups in total. The van der Waals surface area contributed by atoms with E-state index in [9.17, 15) is 40.3 Å². The highest BCUT2D eigenvalue weighted by Gasteiger charge is 2.46. The van der Waals surface area contributed by atoms with Crippen molar-refractivity contribution in [3.05, 3.63) is 99.9 Å². The zero-order valence-corrected chi connectivity index (χ0v) is 24.5. The fourth-order valence-electron chi connectivity index (χ4n) is 5.36. The fourth-order valence-corrected chi connectivity index (χ4v) is 5.36. The van der Waals surface area contributed by atoms with Crippen LogP contribution in [0.15, 0.2) is 60.7 Å². The van der Waals surface area contributed by atoms with Gasteiger partial charge >= 0.3 is 18.4 Å². The maximum atomic E-state index is 14.1. The lowest BCUT2D eigenvalue weighted by Crippen LogP contribution is -2.64. The van der Waals surface area contributed by atoms with Crippen LogP contribution in [0, 0.1) is 12.7 Å². The van der Waals surface area contributed by atoms with Gasteiger partial charge in [-0.3, -0.25) is 9.69 Å². The first-order chi connectivity index (χ1) is 20.0. The molecule has 1 atom stereocenters. The summed E-state index contributed by atoms with van der Waals surface area (Å²) < 4.78 is 94.7. The lowest BCUT2D eigenvalue weighted by atomic mass is 9.85. The number of nitrogens with two attached hydrogens (primary N) is 1. The van der Waals surface area contributed by atoms with Gasteiger partial charge in [-0.25, -0.2) is 9.18 Å². The van der Waals surface area contributed by atoms with Crippen LogP contribution in [0.5, 0.6) is 0 Å². The summed E-state index contributed by atoms with van der Waals surface area (Å²) in [5.41, 5.74) is 2.33. The van der Waals surface area contributed by atoms with Gasteiger partial charge < -0.3 is 16.0 Å². The maximum absolute atomic E-state index is 14.1. The van der Waals surface area contributed by atoms with Crippen LogP contribution < -0.4 is 11.1 Å². The Labute approximate surface area is 255 Å². The first-order valence-corrected chi connectivity index (χ1v) is 13.3. The molecule has 1 aliphatic rings. The number of hydrogen-bond donors (Lipinski definition) is 2. The topological polar surface area (TPSA) is 78.7 Å². The molecule has 238 valence electrons. The van der Waals surface area contributed by atoms with Gasteiger partial charge in [-0.1, -0.05) is 6.07 Å². The molecule has 3 aromatic carbocycles. The summed E-state index contributed by atoms with van der Waals surface area (Å²) in [6.45, 7) is 1.11. The first-order valence-electron chi connectivity index (χ1n) is 13.3. The van der Waals surface area contributed by atoms with E-state index in [2.05, 4.69) is 5.32 Å². The van der Waals surface area contributed by atoms with Gasteiger partial charge in [0.15, 0.2) is 0 Å². The Morgan fingerprint density at radius 2 is 1.52 bits per heavy atom. The second kappa shape index (κ2) is 12.9. The third kappa shape index (κ3) is 7.37. The molecule has 1 unspecified atom stereocenters. The fraction of sp³-hybridized carbons (Fsp3) is 0.333. The van der Waals surface area contributed by atoms with Gasteiger partial charge in [0.1, 0.15) is 11.5 Å². The van der Waals surface area contributed by atoms with E-state index in [-0.39, 0.29) is 42.6 Å². The van der Waals surface area contributed by atoms with Gasteiger partial charge in [-0.15, -0.1) is 12.4 Å². The molecule has 3 amide bonds. The van der Waals surface area contributed by atoms with Crippen molar-refractivity contribution in [3.8, 4) is 0 Å². The van der Waals surface area contributed by atoms with E-state index >= 15 is 0 Å². The van der Waals surface area contributed by atoms with Gasteiger partial charge in [0.05, 0.1) is 11.1 Å². The van der Waals surface area contributed by atoms with Crippen LogP contribution in [-0.4, -0.2) is 35.3 Å². The zero-order chi connectivity index (χ0) is 31.7. The summed E-state index contributed by atoms with van der Waals surface area (Å²) in [4.78, 5) is 29.8. The third-order valence-corrected chi connectivity index (χ3v) is 7.38. The van der Waals surface area contributed by atoms with Crippen LogP contribution in [0.1, 0.15) is 57.4 Å². The Hall–Kier alpha value is -4.00. The summed E-state index contributed by atoms with van der Waals surface area (Å²) in [7, 11) is 1.24. The predicted octanol–water partition coefficient (Wildman–Crippen LogP) is 7.50. The first kappa shape index (κ1) is 34.5. The maximum Gasteiger partial charge on any atom is 0.416 e. The number of alkyl halides is 6. The molecule has 0 aromatic heterocycles. The van der Waals surface area contributed by atoms with Crippen LogP contribution in [0.3, 0.4) is 0 Å². The molecule has 0 radical (unpaired) electrons. The summed E-state index contributed by atoms with van der Waals surface area (Å²) in [5, 5.41) is 2.93. The molecule has 0 aliphatic carbocycles. The minimum atomic E-state index is -5.05. The number of anilines is 1. The third-order valence-electron chi connectivity index (χ3n) is 7.38. The Bertz CT molecular complexity index is 1480. The molecule has 1 heterocycles. The summed E-state index contributed by atoms with van der Waals surface area (Å²) in [5.74, 6) is -1.11. The van der Waals surface area contributed by atoms with Crippen LogP contribution in [-0.2, 0) is 24.6 Å². The number of nitrogens with zero attached hydrogens (tertiary/aromatic N) is 2. The second-order valence-corrected chi connectivity index (χ2v) is 10.6. The van der Waals surface area contributed by atoms with E-state index in [1.54, 1.807) is 6.92 Å². The number of nitrogens with one attached hydrogen (secondary N) is 1. The van der Waals surface area contributed by atoms with Gasteiger partial charge in [0, 0.05) is 37.0 Å². The van der Waals surface area contributed by atoms with Crippen molar-refractivity contribution in [3.63, 3.8) is 0 Å². The molecule has 4 rings (SSSR count). The number of piperidine rings is 1. The summed E-state index contributed by atoms with van der Waals surface area (Å²) in [6.07, 6.45) is -8.84. The highest BCUT2D eigenvalue weighted by Crippen LogP contribution is 2.40. The van der Waals surface area contributed by atoms with Crippen LogP contribution in [0.2, 0.25) is 0 Å². The molecular weight excluding hydrogens is 617 g/mol. The Balaban J connectivity index is 0.00000529. The Morgan fingerprint density at radius 3 is 2.07 bits per heavy atom. The average molecular weight is 647 g/mol. The van der Waals surface area contributed by atoms with Crippen LogP contribution in [0.4, 0.5) is 41.2 Å². The molecule has 3 aromatic rings. The molecular formula is C30H30ClF7N4O2. The minimum Gasteiger partial charge on any atom is -0.399 e. The number of likely N-dealkylation sites (tertiary alicyclic amines) is 1. The molecule has 1 aliphatic heterocycles. The lowest BCUT2D eigenvalue weighted by Gasteiger charge is -2.49. The number of aryl methyl sites for hydroxylation is 1. The smallest absolute Gasteiger partial charge is 0.399 e. The van der Waals surface area contributed by atoms with Crippen molar-refractivity contribution in [2.45, 2.75) is 50.7 Å². The van der Waals surface area contributed by atoms with Crippen molar-refractivity contribution in [2.24, 2.45) is 0 Å². The second-order valence-electron chi connectivity index (χ2n) is 10.6. The molecule has 44 heavy (non-hydrogen) atoms. The summed E-state index contributed by atoms with van der Waals surface area (Å²) in [6, 6.07) is 10.3. The lowest BCUT2D eigenvalue weighted by molar-refractivity contribution is -0.143. The molecule has 1 saturated heterocycles. The SMILES string of the molecule is Cc1cc(F)ccc1C1(NC(=O)c2ccc(N)cc2)CCCCN1C(=O)N(C)Cc1cc(C(F)(F)F)cc(C(F)(F)F)c1.Cl. The number of nitrogen functional groups attached to an aromatic ring is 1. The highest BCUT2D eigenvalue weighted by atomic mass is 35.5. The number of hydrogen-bond acceptors (Lipinski definition) is 3. The molecule has 14 heteroatoms. The van der Waals surface area contributed by atoms with E-state index in [1.165, 1.54) is 54.4 Å². The van der Waals surface area contributed by atoms with E-state index in [1.807, 2.05) is 0 Å². The number of carbonyl (C=O) groups is 2.